The van der Waals surface area contributed by atoms with Crippen molar-refractivity contribution in [1.82, 2.24) is 9.80 Å². The Balaban J connectivity index is 2.15. The highest BCUT2D eigenvalue weighted by Crippen LogP contribution is 2.21. The maximum Gasteiger partial charge on any atom is 0.320 e. The normalized spacial score (nSPS) is 14.4. The second kappa shape index (κ2) is 4.65. The van der Waals surface area contributed by atoms with Gasteiger partial charge in [0.2, 0.25) is 0 Å². The molecule has 0 saturated carbocycles. The lowest BCUT2D eigenvalue weighted by Crippen LogP contribution is -2.43. The number of carbonyl (C=O) groups excluding carboxylic acids is 1. The average Bonchev–Trinajstić information content (AvgIpc) is 2.36. The van der Waals surface area contributed by atoms with Crippen molar-refractivity contribution >= 4 is 11.7 Å². The van der Waals surface area contributed by atoms with Crippen LogP contribution < -0.4 is 5.73 Å². The maximum absolute atomic E-state index is 12.0. The number of nitrogen functional groups attached to an aromatic ring is 1. The molecule has 0 bridgehead atoms. The van der Waals surface area contributed by atoms with E-state index in [-0.39, 0.29) is 6.03 Å². The number of rotatable bonds is 1. The number of benzene rings is 1. The maximum atomic E-state index is 12.0. The first-order valence-electron chi connectivity index (χ1n) is 5.99. The van der Waals surface area contributed by atoms with E-state index in [2.05, 4.69) is 6.07 Å². The first-order valence-corrected chi connectivity index (χ1v) is 5.99. The van der Waals surface area contributed by atoms with Gasteiger partial charge in [-0.05, 0) is 36.6 Å². The van der Waals surface area contributed by atoms with Crippen molar-refractivity contribution in [2.24, 2.45) is 0 Å². The Bertz CT molecular complexity index is 431. The molecule has 0 radical (unpaired) electrons. The van der Waals surface area contributed by atoms with Crippen LogP contribution in [0.2, 0.25) is 0 Å². The minimum atomic E-state index is 0.0978. The molecule has 0 spiro atoms. The van der Waals surface area contributed by atoms with Gasteiger partial charge >= 0.3 is 6.03 Å². The van der Waals surface area contributed by atoms with E-state index in [1.165, 1.54) is 11.1 Å². The molecule has 0 aliphatic carbocycles. The number of nitrogens with two attached hydrogens (primary N) is 1. The van der Waals surface area contributed by atoms with Crippen LogP contribution in [0.1, 0.15) is 18.1 Å². The minimum Gasteiger partial charge on any atom is -0.399 e. The van der Waals surface area contributed by atoms with E-state index < -0.39 is 0 Å². The molecule has 1 aromatic rings. The van der Waals surface area contributed by atoms with Crippen LogP contribution in [0.4, 0.5) is 10.5 Å². The topological polar surface area (TPSA) is 49.6 Å². The second-order valence-electron chi connectivity index (χ2n) is 4.50. The fraction of sp³-hybridized carbons (Fsp3) is 0.462. The molecule has 1 aliphatic heterocycles. The van der Waals surface area contributed by atoms with E-state index in [4.69, 9.17) is 5.73 Å². The Morgan fingerprint density at radius 3 is 2.94 bits per heavy atom. The van der Waals surface area contributed by atoms with Gasteiger partial charge in [-0.15, -0.1) is 0 Å². The number of hydrogen-bond donors (Lipinski definition) is 1. The molecular weight excluding hydrogens is 214 g/mol. The highest BCUT2D eigenvalue weighted by atomic mass is 16.2. The van der Waals surface area contributed by atoms with Gasteiger partial charge in [-0.3, -0.25) is 0 Å². The van der Waals surface area contributed by atoms with Gasteiger partial charge in [0.1, 0.15) is 0 Å². The van der Waals surface area contributed by atoms with Crippen molar-refractivity contribution in [3.63, 3.8) is 0 Å². The third-order valence-electron chi connectivity index (χ3n) is 3.31. The Labute approximate surface area is 102 Å². The summed E-state index contributed by atoms with van der Waals surface area (Å²) in [7, 11) is 1.83. The fourth-order valence-electron chi connectivity index (χ4n) is 2.12. The van der Waals surface area contributed by atoms with Crippen LogP contribution in [-0.2, 0) is 13.0 Å². The molecule has 4 heteroatoms. The predicted octanol–water partition coefficient (Wildman–Crippen LogP) is 1.70. The first-order chi connectivity index (χ1) is 8.11. The number of urea groups is 1. The van der Waals surface area contributed by atoms with Crippen LogP contribution in [0.15, 0.2) is 18.2 Å². The highest BCUT2D eigenvalue weighted by Gasteiger charge is 2.22. The molecule has 92 valence electrons. The predicted molar refractivity (Wildman–Crippen MR) is 68.7 cm³/mol. The van der Waals surface area contributed by atoms with Gasteiger partial charge < -0.3 is 15.5 Å². The molecule has 0 fully saturated rings. The summed E-state index contributed by atoms with van der Waals surface area (Å²) in [5, 5.41) is 0. The number of anilines is 1. The lowest BCUT2D eigenvalue weighted by atomic mass is 9.99. The van der Waals surface area contributed by atoms with E-state index in [0.717, 1.165) is 25.2 Å². The number of fused-ring (bicyclic) bond motifs is 1. The molecule has 2 rings (SSSR count). The lowest BCUT2D eigenvalue weighted by Gasteiger charge is -2.32. The molecule has 0 atom stereocenters. The Morgan fingerprint density at radius 1 is 1.47 bits per heavy atom. The molecular formula is C13H19N3O. The van der Waals surface area contributed by atoms with Crippen molar-refractivity contribution in [3.05, 3.63) is 29.3 Å². The van der Waals surface area contributed by atoms with Gasteiger partial charge in [-0.25, -0.2) is 4.79 Å². The largest absolute Gasteiger partial charge is 0.399 e. The number of nitrogens with zero attached hydrogens (tertiary/aromatic N) is 2. The van der Waals surface area contributed by atoms with Crippen molar-refractivity contribution in [2.75, 3.05) is 25.9 Å². The molecule has 0 aromatic heterocycles. The summed E-state index contributed by atoms with van der Waals surface area (Å²) in [4.78, 5) is 15.7. The highest BCUT2D eigenvalue weighted by molar-refractivity contribution is 5.74. The lowest BCUT2D eigenvalue weighted by molar-refractivity contribution is 0.159. The SMILES string of the molecule is CCN(C)C(=O)N1CCc2ccc(N)cc2C1. The third kappa shape index (κ3) is 2.35. The summed E-state index contributed by atoms with van der Waals surface area (Å²) in [6, 6.07) is 6.06. The van der Waals surface area contributed by atoms with Crippen molar-refractivity contribution in [1.29, 1.82) is 0 Å². The zero-order valence-corrected chi connectivity index (χ0v) is 10.4. The van der Waals surface area contributed by atoms with Gasteiger partial charge in [-0.1, -0.05) is 6.07 Å². The van der Waals surface area contributed by atoms with Gasteiger partial charge in [-0.2, -0.15) is 0 Å². The monoisotopic (exact) mass is 233 g/mol. The minimum absolute atomic E-state index is 0.0978. The molecule has 0 unspecified atom stereocenters. The Kier molecular flexibility index (Phi) is 3.22. The number of amides is 2. The summed E-state index contributed by atoms with van der Waals surface area (Å²) in [6.45, 7) is 4.18. The van der Waals surface area contributed by atoms with Crippen LogP contribution in [0.25, 0.3) is 0 Å². The quantitative estimate of drug-likeness (QED) is 0.750. The summed E-state index contributed by atoms with van der Waals surface area (Å²) in [5.74, 6) is 0. The first kappa shape index (κ1) is 11.8. The zero-order valence-electron chi connectivity index (χ0n) is 10.4. The molecule has 17 heavy (non-hydrogen) atoms. The van der Waals surface area contributed by atoms with E-state index >= 15 is 0 Å². The molecule has 1 aromatic carbocycles. The standard InChI is InChI=1S/C13H19N3O/c1-3-15(2)13(17)16-7-6-10-4-5-12(14)8-11(10)9-16/h4-5,8H,3,6-7,9,14H2,1-2H3. The van der Waals surface area contributed by atoms with E-state index in [0.29, 0.717) is 6.54 Å². The van der Waals surface area contributed by atoms with Crippen LogP contribution in [0.3, 0.4) is 0 Å². The van der Waals surface area contributed by atoms with E-state index in [9.17, 15) is 4.79 Å². The fourth-order valence-corrected chi connectivity index (χ4v) is 2.12. The molecule has 1 heterocycles. The number of hydrogen-bond acceptors (Lipinski definition) is 2. The average molecular weight is 233 g/mol. The summed E-state index contributed by atoms with van der Waals surface area (Å²) >= 11 is 0. The van der Waals surface area contributed by atoms with Gasteiger partial charge in [0.05, 0.1) is 0 Å². The van der Waals surface area contributed by atoms with Crippen molar-refractivity contribution < 1.29 is 4.79 Å². The smallest absolute Gasteiger partial charge is 0.320 e. The summed E-state index contributed by atoms with van der Waals surface area (Å²) < 4.78 is 0. The zero-order chi connectivity index (χ0) is 12.4. The molecule has 4 nitrogen and oxygen atoms in total. The van der Waals surface area contributed by atoms with Crippen LogP contribution >= 0.6 is 0 Å². The van der Waals surface area contributed by atoms with Gasteiger partial charge in [0.25, 0.3) is 0 Å². The molecule has 1 aliphatic rings. The summed E-state index contributed by atoms with van der Waals surface area (Å²) in [6.07, 6.45) is 0.916. The van der Waals surface area contributed by atoms with Crippen molar-refractivity contribution in [3.8, 4) is 0 Å². The third-order valence-corrected chi connectivity index (χ3v) is 3.31. The van der Waals surface area contributed by atoms with Gasteiger partial charge in [0, 0.05) is 32.4 Å². The van der Waals surface area contributed by atoms with E-state index in [1.54, 1.807) is 4.90 Å². The van der Waals surface area contributed by atoms with Crippen molar-refractivity contribution in [2.45, 2.75) is 19.9 Å². The van der Waals surface area contributed by atoms with Crippen LogP contribution in [0, 0.1) is 0 Å². The van der Waals surface area contributed by atoms with Crippen LogP contribution in [-0.4, -0.2) is 36.0 Å². The molecule has 2 amide bonds. The summed E-state index contributed by atoms with van der Waals surface area (Å²) in [5.41, 5.74) is 9.02. The van der Waals surface area contributed by atoms with Gasteiger partial charge in [0.15, 0.2) is 0 Å². The molecule has 2 N–H and O–H groups in total. The number of carbonyl (C=O) groups is 1. The van der Waals surface area contributed by atoms with Crippen LogP contribution in [0.5, 0.6) is 0 Å². The van der Waals surface area contributed by atoms with E-state index in [1.807, 2.05) is 31.0 Å². The Morgan fingerprint density at radius 2 is 2.24 bits per heavy atom. The Hall–Kier alpha value is -1.71. The second-order valence-corrected chi connectivity index (χ2v) is 4.50. The molecule has 0 saturated heterocycles.